The number of alkyl halides is 3. The van der Waals surface area contributed by atoms with Gasteiger partial charge in [0.15, 0.2) is 0 Å². The average molecular weight is 464 g/mol. The van der Waals surface area contributed by atoms with E-state index >= 15 is 0 Å². The summed E-state index contributed by atoms with van der Waals surface area (Å²) in [5.74, 6) is -1.44. The number of aromatic nitrogens is 2. The van der Waals surface area contributed by atoms with Crippen molar-refractivity contribution in [1.82, 2.24) is 15.0 Å². The van der Waals surface area contributed by atoms with E-state index in [1.807, 2.05) is 35.2 Å². The predicted octanol–water partition coefficient (Wildman–Crippen LogP) is 4.04. The Kier molecular flexibility index (Phi) is 6.03. The lowest BCUT2D eigenvalue weighted by atomic mass is 9.91. The molecule has 0 N–H and O–H groups in total. The van der Waals surface area contributed by atoms with E-state index < -0.39 is 12.0 Å². The van der Waals surface area contributed by atoms with Crippen molar-refractivity contribution in [3.63, 3.8) is 0 Å². The number of piperidine rings is 2. The van der Waals surface area contributed by atoms with Gasteiger partial charge in [0, 0.05) is 18.1 Å². The maximum absolute atomic E-state index is 12.9. The van der Waals surface area contributed by atoms with E-state index in [4.69, 9.17) is 9.26 Å². The SMILES string of the molecule is O=C(OCc1ccccc1)C1CCN(C2CC3CC[C@@H](C2)N3c2nc(C(F)(F)F)no2)CC1. The minimum atomic E-state index is -4.61. The smallest absolute Gasteiger partial charge is 0.455 e. The highest BCUT2D eigenvalue weighted by molar-refractivity contribution is 5.72. The van der Waals surface area contributed by atoms with Gasteiger partial charge >= 0.3 is 18.2 Å². The first-order chi connectivity index (χ1) is 15.9. The highest BCUT2D eigenvalue weighted by Gasteiger charge is 2.46. The molecule has 5 rings (SSSR count). The number of hydrogen-bond acceptors (Lipinski definition) is 7. The van der Waals surface area contributed by atoms with Crippen LogP contribution >= 0.6 is 0 Å². The Morgan fingerprint density at radius 1 is 1.03 bits per heavy atom. The van der Waals surface area contributed by atoms with E-state index in [2.05, 4.69) is 15.0 Å². The lowest BCUT2D eigenvalue weighted by molar-refractivity contribution is -0.152. The molecule has 4 heterocycles. The number of anilines is 1. The first-order valence-electron chi connectivity index (χ1n) is 11.5. The molecule has 3 aliphatic rings. The second kappa shape index (κ2) is 8.96. The molecule has 178 valence electrons. The Balaban J connectivity index is 1.13. The fraction of sp³-hybridized carbons (Fsp3) is 0.609. The van der Waals surface area contributed by atoms with Crippen molar-refractivity contribution in [3.05, 3.63) is 41.7 Å². The topological polar surface area (TPSA) is 71.7 Å². The maximum Gasteiger partial charge on any atom is 0.455 e. The Morgan fingerprint density at radius 2 is 1.70 bits per heavy atom. The number of nitrogens with zero attached hydrogens (tertiary/aromatic N) is 4. The maximum atomic E-state index is 12.9. The number of fused-ring (bicyclic) bond motifs is 2. The number of hydrogen-bond donors (Lipinski definition) is 0. The number of esters is 1. The van der Waals surface area contributed by atoms with Gasteiger partial charge in [0.25, 0.3) is 5.82 Å². The molecule has 0 saturated carbocycles. The van der Waals surface area contributed by atoms with Crippen molar-refractivity contribution >= 4 is 12.0 Å². The van der Waals surface area contributed by atoms with Crippen molar-refractivity contribution in [2.24, 2.45) is 5.92 Å². The fourth-order valence-electron chi connectivity index (χ4n) is 5.54. The number of carbonyl (C=O) groups is 1. The molecule has 2 unspecified atom stereocenters. The highest BCUT2D eigenvalue weighted by atomic mass is 19.4. The standard InChI is InChI=1S/C23H27F3N4O3/c24-23(25,26)21-27-22(33-28-21)30-17-6-7-18(30)13-19(12-17)29-10-8-16(9-11-29)20(31)32-14-15-4-2-1-3-5-15/h1-5,16-19H,6-14H2/t17-,18?,19?/m0/s1. The molecule has 33 heavy (non-hydrogen) atoms. The van der Waals surface area contributed by atoms with Gasteiger partial charge in [-0.15, -0.1) is 0 Å². The lowest BCUT2D eigenvalue weighted by Crippen LogP contribution is -2.52. The zero-order valence-corrected chi connectivity index (χ0v) is 18.2. The van der Waals surface area contributed by atoms with Gasteiger partial charge in [-0.1, -0.05) is 30.3 Å². The second-order valence-corrected chi connectivity index (χ2v) is 9.22. The molecule has 10 heteroatoms. The van der Waals surface area contributed by atoms with Crippen molar-refractivity contribution in [3.8, 4) is 0 Å². The molecule has 3 atom stereocenters. The molecule has 7 nitrogen and oxygen atoms in total. The largest absolute Gasteiger partial charge is 0.461 e. The Hall–Kier alpha value is -2.62. The molecule has 1 aromatic carbocycles. The van der Waals surface area contributed by atoms with Crippen LogP contribution in [0.25, 0.3) is 0 Å². The molecule has 0 aliphatic carbocycles. The van der Waals surface area contributed by atoms with Crippen molar-refractivity contribution in [2.75, 3.05) is 18.0 Å². The lowest BCUT2D eigenvalue weighted by Gasteiger charge is -2.44. The molecule has 3 fully saturated rings. The summed E-state index contributed by atoms with van der Waals surface area (Å²) >= 11 is 0. The molecular weight excluding hydrogens is 437 g/mol. The molecular formula is C23H27F3N4O3. The van der Waals surface area contributed by atoms with Crippen LogP contribution in [0.2, 0.25) is 0 Å². The van der Waals surface area contributed by atoms with Crippen molar-refractivity contribution in [2.45, 2.75) is 69.4 Å². The summed E-state index contributed by atoms with van der Waals surface area (Å²) in [7, 11) is 0. The summed E-state index contributed by atoms with van der Waals surface area (Å²) in [6.45, 7) is 1.95. The normalized spacial score (nSPS) is 26.5. The van der Waals surface area contributed by atoms with Crippen LogP contribution in [-0.2, 0) is 22.3 Å². The molecule has 0 amide bonds. The summed E-state index contributed by atoms with van der Waals surface area (Å²) in [5.41, 5.74) is 0.981. The quantitative estimate of drug-likeness (QED) is 0.619. The first-order valence-corrected chi connectivity index (χ1v) is 11.5. The number of carbonyl (C=O) groups excluding carboxylic acids is 1. The van der Waals surface area contributed by atoms with Crippen LogP contribution in [0, 0.1) is 5.92 Å². The number of likely N-dealkylation sites (tertiary alicyclic amines) is 1. The number of benzene rings is 1. The highest BCUT2D eigenvalue weighted by Crippen LogP contribution is 2.41. The predicted molar refractivity (Wildman–Crippen MR) is 112 cm³/mol. The minimum Gasteiger partial charge on any atom is -0.461 e. The zero-order valence-electron chi connectivity index (χ0n) is 18.2. The zero-order chi connectivity index (χ0) is 23.0. The van der Waals surface area contributed by atoms with Gasteiger partial charge in [0.2, 0.25) is 0 Å². The van der Waals surface area contributed by atoms with E-state index in [1.165, 1.54) is 0 Å². The number of rotatable bonds is 5. The van der Waals surface area contributed by atoms with Gasteiger partial charge in [-0.2, -0.15) is 18.2 Å². The van der Waals surface area contributed by atoms with Crippen LogP contribution in [0.5, 0.6) is 0 Å². The van der Waals surface area contributed by atoms with Gasteiger partial charge < -0.3 is 19.1 Å². The van der Waals surface area contributed by atoms with Gasteiger partial charge in [0.05, 0.1) is 5.92 Å². The van der Waals surface area contributed by atoms with Crippen LogP contribution in [0.15, 0.2) is 34.9 Å². The van der Waals surface area contributed by atoms with E-state index in [0.29, 0.717) is 12.6 Å². The third kappa shape index (κ3) is 4.71. The summed E-state index contributed by atoms with van der Waals surface area (Å²) in [5, 5.41) is 3.12. The van der Waals surface area contributed by atoms with E-state index in [-0.39, 0.29) is 30.0 Å². The molecule has 3 aliphatic heterocycles. The third-order valence-corrected chi connectivity index (χ3v) is 7.20. The van der Waals surface area contributed by atoms with Gasteiger partial charge in [-0.25, -0.2) is 0 Å². The van der Waals surface area contributed by atoms with Crippen molar-refractivity contribution in [1.29, 1.82) is 0 Å². The van der Waals surface area contributed by atoms with Crippen LogP contribution in [-0.4, -0.2) is 52.2 Å². The molecule has 0 radical (unpaired) electrons. The number of halogens is 3. The van der Waals surface area contributed by atoms with Crippen LogP contribution in [0.1, 0.15) is 49.9 Å². The second-order valence-electron chi connectivity index (χ2n) is 9.22. The Labute approximate surface area is 189 Å². The van der Waals surface area contributed by atoms with Gasteiger partial charge in [-0.3, -0.25) is 4.79 Å². The monoisotopic (exact) mass is 464 g/mol. The molecule has 3 saturated heterocycles. The summed E-state index contributed by atoms with van der Waals surface area (Å²) in [4.78, 5) is 20.4. The Bertz CT molecular complexity index is 945. The van der Waals surface area contributed by atoms with Gasteiger partial charge in [0.1, 0.15) is 6.61 Å². The van der Waals surface area contributed by atoms with Crippen LogP contribution in [0.4, 0.5) is 19.2 Å². The van der Waals surface area contributed by atoms with Crippen LogP contribution < -0.4 is 4.90 Å². The Morgan fingerprint density at radius 3 is 2.30 bits per heavy atom. The average Bonchev–Trinajstić information content (AvgIpc) is 3.40. The molecule has 2 aromatic rings. The summed E-state index contributed by atoms with van der Waals surface area (Å²) in [6.07, 6.45) is 0.447. The third-order valence-electron chi connectivity index (χ3n) is 7.20. The van der Waals surface area contributed by atoms with Gasteiger partial charge in [-0.05, 0) is 62.3 Å². The molecule has 0 spiro atoms. The molecule has 2 bridgehead atoms. The molecule has 1 aromatic heterocycles. The van der Waals surface area contributed by atoms with E-state index in [1.54, 1.807) is 0 Å². The first kappa shape index (κ1) is 22.2. The van der Waals surface area contributed by atoms with Crippen molar-refractivity contribution < 1.29 is 27.2 Å². The summed E-state index contributed by atoms with van der Waals surface area (Å²) in [6, 6.07) is 10.2. The fourth-order valence-corrected chi connectivity index (χ4v) is 5.54. The van der Waals surface area contributed by atoms with Crippen LogP contribution in [0.3, 0.4) is 0 Å². The number of ether oxygens (including phenoxy) is 1. The van der Waals surface area contributed by atoms with E-state index in [0.717, 1.165) is 57.2 Å². The van der Waals surface area contributed by atoms with E-state index in [9.17, 15) is 18.0 Å². The summed E-state index contributed by atoms with van der Waals surface area (Å²) < 4.78 is 49.1. The minimum absolute atomic E-state index is 0.0202.